The van der Waals surface area contributed by atoms with Crippen LogP contribution in [0.3, 0.4) is 0 Å². The van der Waals surface area contributed by atoms with Crippen LogP contribution in [0.25, 0.3) is 0 Å². The second kappa shape index (κ2) is 8.09. The van der Waals surface area contributed by atoms with E-state index in [-0.39, 0.29) is 5.91 Å². The van der Waals surface area contributed by atoms with Crippen molar-refractivity contribution in [3.8, 4) is 0 Å². The number of aromatic nitrogens is 2. The number of methoxy groups -OCH3 is 1. The second-order valence-corrected chi connectivity index (χ2v) is 4.78. The number of hydrogen-bond donors (Lipinski definition) is 1. The zero-order valence-electron chi connectivity index (χ0n) is 12.8. The van der Waals surface area contributed by atoms with E-state index in [2.05, 4.69) is 15.5 Å². The molecule has 0 fully saturated rings. The molecule has 0 unspecified atom stereocenters. The fourth-order valence-electron chi connectivity index (χ4n) is 1.91. The van der Waals surface area contributed by atoms with Crippen LogP contribution >= 0.6 is 0 Å². The van der Waals surface area contributed by atoms with E-state index in [1.165, 1.54) is 0 Å². The van der Waals surface area contributed by atoms with Gasteiger partial charge in [-0.2, -0.15) is 0 Å². The van der Waals surface area contributed by atoms with Crippen LogP contribution in [0.1, 0.15) is 16.9 Å². The summed E-state index contributed by atoms with van der Waals surface area (Å²) in [5.41, 5.74) is 1.13. The zero-order valence-corrected chi connectivity index (χ0v) is 12.8. The molecule has 0 saturated carbocycles. The minimum absolute atomic E-state index is 0.190. The Morgan fingerprint density at radius 2 is 1.95 bits per heavy atom. The van der Waals surface area contributed by atoms with E-state index in [4.69, 9.17) is 4.74 Å². The molecule has 2 rings (SSSR count). The van der Waals surface area contributed by atoms with Gasteiger partial charge in [0.2, 0.25) is 0 Å². The van der Waals surface area contributed by atoms with Gasteiger partial charge in [-0.15, -0.1) is 10.2 Å². The van der Waals surface area contributed by atoms with E-state index in [1.807, 2.05) is 30.3 Å². The average Bonchev–Trinajstić information content (AvgIpc) is 2.59. The Morgan fingerprint density at radius 3 is 2.59 bits per heavy atom. The van der Waals surface area contributed by atoms with Crippen LogP contribution in [0.2, 0.25) is 0 Å². The summed E-state index contributed by atoms with van der Waals surface area (Å²) < 4.78 is 4.97. The number of benzene rings is 1. The Labute approximate surface area is 130 Å². The normalized spacial score (nSPS) is 10.3. The molecule has 1 N–H and O–H groups in total. The van der Waals surface area contributed by atoms with Gasteiger partial charge < -0.3 is 15.0 Å². The largest absolute Gasteiger partial charge is 0.385 e. The van der Waals surface area contributed by atoms with Crippen molar-refractivity contribution in [3.63, 3.8) is 0 Å². The van der Waals surface area contributed by atoms with E-state index >= 15 is 0 Å². The van der Waals surface area contributed by atoms with E-state index in [9.17, 15) is 4.79 Å². The monoisotopic (exact) mass is 300 g/mol. The van der Waals surface area contributed by atoms with E-state index < -0.39 is 0 Å². The van der Waals surface area contributed by atoms with Crippen LogP contribution in [-0.2, 0) is 4.74 Å². The smallest absolute Gasteiger partial charge is 0.278 e. The maximum Gasteiger partial charge on any atom is 0.278 e. The summed E-state index contributed by atoms with van der Waals surface area (Å²) in [6.45, 7) is 1.44. The highest BCUT2D eigenvalue weighted by Gasteiger charge is 2.15. The summed E-state index contributed by atoms with van der Waals surface area (Å²) >= 11 is 0. The Hall–Kier alpha value is -2.47. The third kappa shape index (κ3) is 4.26. The predicted octanol–water partition coefficient (Wildman–Crippen LogP) is 2.20. The van der Waals surface area contributed by atoms with Gasteiger partial charge in [0.05, 0.1) is 0 Å². The lowest BCUT2D eigenvalue weighted by molar-refractivity contribution is 0.0987. The number of nitrogens with one attached hydrogen (secondary N) is 1. The van der Waals surface area contributed by atoms with Crippen LogP contribution in [0.4, 0.5) is 11.5 Å². The molecule has 0 saturated heterocycles. The molecule has 0 aliphatic heterocycles. The lowest BCUT2D eigenvalue weighted by Crippen LogP contribution is -2.27. The third-order valence-corrected chi connectivity index (χ3v) is 3.16. The molecule has 1 aromatic heterocycles. The van der Waals surface area contributed by atoms with Crippen LogP contribution in [0.5, 0.6) is 0 Å². The fraction of sp³-hybridized carbons (Fsp3) is 0.312. The maximum absolute atomic E-state index is 12.3. The van der Waals surface area contributed by atoms with Gasteiger partial charge in [-0.1, -0.05) is 18.2 Å². The van der Waals surface area contributed by atoms with Gasteiger partial charge in [0.25, 0.3) is 5.91 Å². The van der Waals surface area contributed by atoms with Crippen molar-refractivity contribution < 1.29 is 9.53 Å². The van der Waals surface area contributed by atoms with Crippen LogP contribution in [-0.4, -0.2) is 43.4 Å². The minimum Gasteiger partial charge on any atom is -0.385 e. The molecule has 0 aliphatic carbocycles. The topological polar surface area (TPSA) is 67.3 Å². The number of carbonyl (C=O) groups is 1. The van der Waals surface area contributed by atoms with Crippen LogP contribution < -0.4 is 10.2 Å². The molecule has 0 aliphatic rings. The van der Waals surface area contributed by atoms with Crippen LogP contribution in [0, 0.1) is 0 Å². The van der Waals surface area contributed by atoms with Gasteiger partial charge in [0.15, 0.2) is 5.69 Å². The Bertz CT molecular complexity index is 587. The number of rotatable bonds is 7. The van der Waals surface area contributed by atoms with Gasteiger partial charge in [-0.25, -0.2) is 0 Å². The van der Waals surface area contributed by atoms with Crippen molar-refractivity contribution in [3.05, 3.63) is 48.2 Å². The van der Waals surface area contributed by atoms with Crippen molar-refractivity contribution in [2.45, 2.75) is 6.42 Å². The summed E-state index contributed by atoms with van der Waals surface area (Å²) in [6.07, 6.45) is 0.885. The maximum atomic E-state index is 12.3. The number of nitrogens with zero attached hydrogens (tertiary/aromatic N) is 3. The molecule has 0 spiro atoms. The van der Waals surface area contributed by atoms with Crippen molar-refractivity contribution in [2.24, 2.45) is 0 Å². The highest BCUT2D eigenvalue weighted by atomic mass is 16.5. The summed E-state index contributed by atoms with van der Waals surface area (Å²) in [5.74, 6) is 0.458. The Kier molecular flexibility index (Phi) is 5.85. The first kappa shape index (κ1) is 15.9. The lowest BCUT2D eigenvalue weighted by atomic mass is 10.2. The van der Waals surface area contributed by atoms with Gasteiger partial charge in [-0.05, 0) is 30.7 Å². The molecule has 1 aromatic carbocycles. The molecule has 2 aromatic rings. The molecule has 6 nitrogen and oxygen atoms in total. The van der Waals surface area contributed by atoms with E-state index in [0.29, 0.717) is 18.1 Å². The SMILES string of the molecule is COCCCNc1ccc(C(=O)N(C)c2ccccc2)nn1. The zero-order chi connectivity index (χ0) is 15.8. The number of para-hydroxylation sites is 1. The molecular formula is C16H20N4O2. The Balaban J connectivity index is 1.96. The Morgan fingerprint density at radius 1 is 1.18 bits per heavy atom. The highest BCUT2D eigenvalue weighted by Crippen LogP contribution is 2.14. The van der Waals surface area contributed by atoms with E-state index in [0.717, 1.165) is 18.7 Å². The first-order chi connectivity index (χ1) is 10.7. The number of amides is 1. The third-order valence-electron chi connectivity index (χ3n) is 3.16. The van der Waals surface area contributed by atoms with E-state index in [1.54, 1.807) is 31.2 Å². The number of hydrogen-bond acceptors (Lipinski definition) is 5. The second-order valence-electron chi connectivity index (χ2n) is 4.78. The summed E-state index contributed by atoms with van der Waals surface area (Å²) in [7, 11) is 3.39. The van der Waals surface area contributed by atoms with Crippen molar-refractivity contribution in [2.75, 3.05) is 37.5 Å². The molecule has 1 heterocycles. The lowest BCUT2D eigenvalue weighted by Gasteiger charge is -2.16. The van der Waals surface area contributed by atoms with Crippen molar-refractivity contribution in [1.29, 1.82) is 0 Å². The van der Waals surface area contributed by atoms with Gasteiger partial charge in [0.1, 0.15) is 5.82 Å². The number of ether oxygens (including phenoxy) is 1. The average molecular weight is 300 g/mol. The van der Waals surface area contributed by atoms with Crippen LogP contribution in [0.15, 0.2) is 42.5 Å². The van der Waals surface area contributed by atoms with Crippen molar-refractivity contribution >= 4 is 17.4 Å². The summed E-state index contributed by atoms with van der Waals surface area (Å²) in [6, 6.07) is 12.9. The summed E-state index contributed by atoms with van der Waals surface area (Å²) in [4.78, 5) is 13.9. The van der Waals surface area contributed by atoms with Gasteiger partial charge in [-0.3, -0.25) is 4.79 Å². The molecule has 6 heteroatoms. The molecule has 116 valence electrons. The molecule has 0 bridgehead atoms. The van der Waals surface area contributed by atoms with Gasteiger partial charge >= 0.3 is 0 Å². The highest BCUT2D eigenvalue weighted by molar-refractivity contribution is 6.04. The van der Waals surface area contributed by atoms with Gasteiger partial charge in [0, 0.05) is 33.0 Å². The molecular weight excluding hydrogens is 280 g/mol. The number of anilines is 2. The standard InChI is InChI=1S/C16H20N4O2/c1-20(13-7-4-3-5-8-13)16(21)14-9-10-15(19-18-14)17-11-6-12-22-2/h3-5,7-10H,6,11-12H2,1-2H3,(H,17,19). The molecule has 0 atom stereocenters. The molecule has 22 heavy (non-hydrogen) atoms. The number of carbonyl (C=O) groups excluding carboxylic acids is 1. The predicted molar refractivity (Wildman–Crippen MR) is 86.2 cm³/mol. The molecule has 1 amide bonds. The molecule has 0 radical (unpaired) electrons. The minimum atomic E-state index is -0.190. The van der Waals surface area contributed by atoms with Crippen molar-refractivity contribution in [1.82, 2.24) is 10.2 Å². The first-order valence-electron chi connectivity index (χ1n) is 7.12. The quantitative estimate of drug-likeness (QED) is 0.794. The summed E-state index contributed by atoms with van der Waals surface area (Å²) in [5, 5.41) is 11.1. The first-order valence-corrected chi connectivity index (χ1v) is 7.12. The fourth-order valence-corrected chi connectivity index (χ4v) is 1.91.